The third kappa shape index (κ3) is 7.19. The van der Waals surface area contributed by atoms with Gasteiger partial charge in [-0.15, -0.1) is 0 Å². The molecule has 0 aliphatic heterocycles. The normalized spacial score (nSPS) is 31.8. The van der Waals surface area contributed by atoms with Crippen LogP contribution in [0.4, 0.5) is 17.6 Å². The van der Waals surface area contributed by atoms with Crippen molar-refractivity contribution in [1.82, 2.24) is 0 Å². The van der Waals surface area contributed by atoms with Crippen LogP contribution in [0.25, 0.3) is 0 Å². The fourth-order valence-corrected chi connectivity index (χ4v) is 7.40. The molecule has 3 aliphatic rings. The fraction of sp³-hybridized carbons (Fsp3) is 0.806. The highest BCUT2D eigenvalue weighted by atomic mass is 19.3. The van der Waals surface area contributed by atoms with Crippen LogP contribution in [-0.4, -0.2) is 6.11 Å². The Kier molecular flexibility index (Phi) is 9.66. The second kappa shape index (κ2) is 12.5. The third-order valence-electron chi connectivity index (χ3n) is 9.78. The van der Waals surface area contributed by atoms with Crippen LogP contribution in [0.3, 0.4) is 0 Å². The van der Waals surface area contributed by atoms with Gasteiger partial charge in [0.2, 0.25) is 5.82 Å². The lowest BCUT2D eigenvalue weighted by atomic mass is 9.68. The first kappa shape index (κ1) is 27.8. The molecule has 0 N–H and O–H groups in total. The monoisotopic (exact) mass is 510 g/mol. The van der Waals surface area contributed by atoms with Gasteiger partial charge in [0.25, 0.3) is 0 Å². The van der Waals surface area contributed by atoms with E-state index in [1.165, 1.54) is 50.7 Å². The van der Waals surface area contributed by atoms with Crippen LogP contribution in [0.15, 0.2) is 12.1 Å². The molecular weight excluding hydrogens is 464 g/mol. The minimum Gasteiger partial charge on any atom is -0.429 e. The lowest BCUT2D eigenvalue weighted by Crippen LogP contribution is -2.29. The van der Waals surface area contributed by atoms with Gasteiger partial charge in [-0.1, -0.05) is 71.3 Å². The topological polar surface area (TPSA) is 9.23 Å². The van der Waals surface area contributed by atoms with Gasteiger partial charge in [0, 0.05) is 0 Å². The van der Waals surface area contributed by atoms with Crippen LogP contribution < -0.4 is 4.74 Å². The highest BCUT2D eigenvalue weighted by molar-refractivity contribution is 5.33. The smallest absolute Gasteiger partial charge is 0.397 e. The minimum absolute atomic E-state index is 0.0493. The van der Waals surface area contributed by atoms with Crippen LogP contribution >= 0.6 is 0 Å². The van der Waals surface area contributed by atoms with E-state index < -0.39 is 29.9 Å². The number of halogens is 4. The highest BCUT2D eigenvalue weighted by Gasteiger charge is 2.36. The summed E-state index contributed by atoms with van der Waals surface area (Å²) in [5.41, 5.74) is 0.297. The molecule has 0 atom stereocenters. The molecule has 36 heavy (non-hydrogen) atoms. The Labute approximate surface area is 215 Å². The molecule has 3 saturated carbocycles. The molecule has 0 heterocycles. The Morgan fingerprint density at radius 1 is 0.750 bits per heavy atom. The van der Waals surface area contributed by atoms with Crippen LogP contribution in [-0.2, 0) is 0 Å². The SMILES string of the molecule is CCCC1CCC(C2CCC(CCC(F)(F)Oc3ccc(C4CCC(C)CC4)c(F)c3F)CC2)CC1. The zero-order valence-electron chi connectivity index (χ0n) is 22.4. The molecule has 1 nitrogen and oxygen atoms in total. The van der Waals surface area contributed by atoms with E-state index in [9.17, 15) is 17.6 Å². The maximum absolute atomic E-state index is 14.7. The maximum Gasteiger partial charge on any atom is 0.397 e. The minimum atomic E-state index is -3.50. The molecule has 0 saturated heterocycles. The molecule has 5 heteroatoms. The molecule has 0 radical (unpaired) electrons. The Hall–Kier alpha value is -1.26. The van der Waals surface area contributed by atoms with Gasteiger partial charge in [-0.25, -0.2) is 4.39 Å². The first-order valence-corrected chi connectivity index (χ1v) is 14.8. The predicted molar refractivity (Wildman–Crippen MR) is 137 cm³/mol. The zero-order valence-corrected chi connectivity index (χ0v) is 22.4. The Bertz CT molecular complexity index is 816. The molecule has 1 aromatic rings. The van der Waals surface area contributed by atoms with Crippen LogP contribution in [0, 0.1) is 41.2 Å². The van der Waals surface area contributed by atoms with E-state index in [0.717, 1.165) is 69.1 Å². The van der Waals surface area contributed by atoms with Crippen molar-refractivity contribution in [2.45, 2.75) is 129 Å². The maximum atomic E-state index is 14.7. The molecular formula is C31H46F4O. The van der Waals surface area contributed by atoms with Gasteiger partial charge < -0.3 is 4.74 Å². The average Bonchev–Trinajstić information content (AvgIpc) is 2.87. The molecule has 1 aromatic carbocycles. The summed E-state index contributed by atoms with van der Waals surface area (Å²) < 4.78 is 63.4. The standard InChI is InChI=1S/C31H46F4O/c1-3-4-22-7-13-24(14-8-22)25-15-9-23(10-16-25)19-20-31(34,35)36-28-18-17-27(29(32)30(28)33)26-11-5-21(2)6-12-26/h17-18,21-26H,3-16,19-20H2,1-2H3. The van der Waals surface area contributed by atoms with Crippen molar-refractivity contribution in [3.05, 3.63) is 29.3 Å². The second-order valence-electron chi connectivity index (χ2n) is 12.4. The summed E-state index contributed by atoms with van der Waals surface area (Å²) in [6.45, 7) is 4.43. The molecule has 0 spiro atoms. The molecule has 3 fully saturated rings. The Balaban J connectivity index is 1.23. The molecule has 0 bridgehead atoms. The average molecular weight is 511 g/mol. The van der Waals surface area contributed by atoms with Crippen molar-refractivity contribution >= 4 is 0 Å². The Morgan fingerprint density at radius 2 is 1.31 bits per heavy atom. The molecule has 3 aliphatic carbocycles. The highest BCUT2D eigenvalue weighted by Crippen LogP contribution is 2.44. The van der Waals surface area contributed by atoms with Crippen LogP contribution in [0.5, 0.6) is 5.75 Å². The summed E-state index contributed by atoms with van der Waals surface area (Å²) in [7, 11) is 0. The van der Waals surface area contributed by atoms with E-state index in [2.05, 4.69) is 13.8 Å². The van der Waals surface area contributed by atoms with E-state index in [1.807, 2.05) is 0 Å². The molecule has 0 amide bonds. The molecule has 0 aromatic heterocycles. The summed E-state index contributed by atoms with van der Waals surface area (Å²) in [6, 6.07) is 2.64. The first-order chi connectivity index (χ1) is 17.3. The van der Waals surface area contributed by atoms with Gasteiger partial charge in [-0.05, 0) is 92.1 Å². The quantitative estimate of drug-likeness (QED) is 0.300. The number of alkyl halides is 2. The number of hydrogen-bond acceptors (Lipinski definition) is 1. The first-order valence-electron chi connectivity index (χ1n) is 14.8. The molecule has 0 unspecified atom stereocenters. The van der Waals surface area contributed by atoms with Crippen molar-refractivity contribution < 1.29 is 22.3 Å². The van der Waals surface area contributed by atoms with E-state index in [4.69, 9.17) is 4.74 Å². The lowest BCUT2D eigenvalue weighted by Gasteiger charge is -2.38. The van der Waals surface area contributed by atoms with Crippen molar-refractivity contribution in [3.63, 3.8) is 0 Å². The van der Waals surface area contributed by atoms with E-state index in [1.54, 1.807) is 0 Å². The lowest BCUT2D eigenvalue weighted by molar-refractivity contribution is -0.185. The summed E-state index contributed by atoms with van der Waals surface area (Å²) in [5, 5.41) is 0. The molecule has 204 valence electrons. The second-order valence-corrected chi connectivity index (χ2v) is 12.4. The van der Waals surface area contributed by atoms with E-state index >= 15 is 0 Å². The van der Waals surface area contributed by atoms with Gasteiger partial charge in [0.15, 0.2) is 11.6 Å². The number of hydrogen-bond donors (Lipinski definition) is 0. The summed E-state index contributed by atoms with van der Waals surface area (Å²) in [6.07, 6.45) is 12.3. The fourth-order valence-electron chi connectivity index (χ4n) is 7.40. The number of ether oxygens (including phenoxy) is 1. The van der Waals surface area contributed by atoms with E-state index in [-0.39, 0.29) is 11.8 Å². The van der Waals surface area contributed by atoms with Crippen molar-refractivity contribution in [2.75, 3.05) is 0 Å². The third-order valence-corrected chi connectivity index (χ3v) is 9.78. The van der Waals surface area contributed by atoms with E-state index in [0.29, 0.717) is 17.9 Å². The van der Waals surface area contributed by atoms with Gasteiger partial charge in [-0.3, -0.25) is 0 Å². The summed E-state index contributed by atoms with van der Waals surface area (Å²) >= 11 is 0. The number of benzene rings is 1. The van der Waals surface area contributed by atoms with Gasteiger partial charge in [0.1, 0.15) is 0 Å². The summed E-state index contributed by atoms with van der Waals surface area (Å²) in [4.78, 5) is 0. The van der Waals surface area contributed by atoms with Gasteiger partial charge in [-0.2, -0.15) is 13.2 Å². The Morgan fingerprint density at radius 3 is 1.86 bits per heavy atom. The predicted octanol–water partition coefficient (Wildman–Crippen LogP) is 10.4. The summed E-state index contributed by atoms with van der Waals surface area (Å²) in [5.74, 6) is 0.325. The van der Waals surface area contributed by atoms with Crippen LogP contribution in [0.1, 0.15) is 128 Å². The van der Waals surface area contributed by atoms with Crippen molar-refractivity contribution in [2.24, 2.45) is 29.6 Å². The molecule has 4 rings (SSSR count). The zero-order chi connectivity index (χ0) is 25.7. The van der Waals surface area contributed by atoms with Gasteiger partial charge in [0.05, 0.1) is 6.42 Å². The van der Waals surface area contributed by atoms with Crippen LogP contribution in [0.2, 0.25) is 0 Å². The largest absolute Gasteiger partial charge is 0.429 e. The van der Waals surface area contributed by atoms with Gasteiger partial charge >= 0.3 is 6.11 Å². The van der Waals surface area contributed by atoms with Crippen molar-refractivity contribution in [1.29, 1.82) is 0 Å². The number of rotatable bonds is 9. The van der Waals surface area contributed by atoms with Crippen molar-refractivity contribution in [3.8, 4) is 5.75 Å².